The van der Waals surface area contributed by atoms with Crippen molar-refractivity contribution < 1.29 is 9.13 Å². The highest BCUT2D eigenvalue weighted by Crippen LogP contribution is 2.38. The number of hydrogen-bond donors (Lipinski definition) is 0. The second-order valence-electron chi connectivity index (χ2n) is 10.9. The van der Waals surface area contributed by atoms with E-state index in [0.29, 0.717) is 17.8 Å². The van der Waals surface area contributed by atoms with Crippen molar-refractivity contribution in [1.29, 1.82) is 0 Å². The van der Waals surface area contributed by atoms with Crippen molar-refractivity contribution >= 4 is 8.07 Å². The number of hydrogen-bond acceptors (Lipinski definition) is 2. The first-order valence-electron chi connectivity index (χ1n) is 13.3. The molecule has 1 heterocycles. The van der Waals surface area contributed by atoms with Gasteiger partial charge in [0.15, 0.2) is 5.75 Å². The molecule has 1 aliphatic carbocycles. The summed E-state index contributed by atoms with van der Waals surface area (Å²) in [4.78, 5) is 4.22. The van der Waals surface area contributed by atoms with Gasteiger partial charge in [0.1, 0.15) is 0 Å². The van der Waals surface area contributed by atoms with Gasteiger partial charge >= 0.3 is 0 Å². The Balaban J connectivity index is 1.55. The molecule has 0 N–H and O–H groups in total. The first-order chi connectivity index (χ1) is 15.9. The van der Waals surface area contributed by atoms with Gasteiger partial charge in [-0.05, 0) is 55.2 Å². The van der Waals surface area contributed by atoms with Crippen LogP contribution in [0.15, 0.2) is 36.4 Å². The summed E-state index contributed by atoms with van der Waals surface area (Å²) >= 11 is 0. The van der Waals surface area contributed by atoms with Gasteiger partial charge in [-0.3, -0.25) is 0 Å². The molecule has 0 radical (unpaired) electrons. The average molecular weight is 470 g/mol. The van der Waals surface area contributed by atoms with Gasteiger partial charge in [0.05, 0.1) is 20.0 Å². The van der Waals surface area contributed by atoms with Crippen LogP contribution in [0.3, 0.4) is 0 Å². The predicted molar refractivity (Wildman–Crippen MR) is 141 cm³/mol. The van der Waals surface area contributed by atoms with Crippen molar-refractivity contribution in [2.24, 2.45) is 5.92 Å². The summed E-state index contributed by atoms with van der Waals surface area (Å²) in [7, 11) is -1.46. The van der Waals surface area contributed by atoms with Crippen LogP contribution >= 0.6 is 0 Å². The lowest BCUT2D eigenvalue weighted by molar-refractivity contribution is 0.303. The summed E-state index contributed by atoms with van der Waals surface area (Å²) in [6.07, 6.45) is 13.9. The summed E-state index contributed by atoms with van der Waals surface area (Å²) in [5, 5.41) is 0. The molecule has 182 valence electrons. The zero-order valence-electron chi connectivity index (χ0n) is 21.3. The van der Waals surface area contributed by atoms with Crippen molar-refractivity contribution in [2.45, 2.75) is 103 Å². The first-order valence-corrected chi connectivity index (χ1v) is 16.7. The Kier molecular flexibility index (Phi) is 9.97. The highest BCUT2D eigenvalue weighted by molar-refractivity contribution is 6.77. The molecule has 0 bridgehead atoms. The van der Waals surface area contributed by atoms with Gasteiger partial charge in [-0.1, -0.05) is 95.8 Å². The molecule has 0 spiro atoms. The number of aromatic nitrogens is 1. The third kappa shape index (κ3) is 7.94. The van der Waals surface area contributed by atoms with Crippen molar-refractivity contribution in [1.82, 2.24) is 4.98 Å². The second-order valence-corrected chi connectivity index (χ2v) is 16.0. The molecule has 1 aromatic heterocycles. The minimum absolute atomic E-state index is 0.281. The lowest BCUT2D eigenvalue weighted by Gasteiger charge is -2.29. The van der Waals surface area contributed by atoms with Crippen molar-refractivity contribution in [3.8, 4) is 17.0 Å². The topological polar surface area (TPSA) is 22.1 Å². The number of unbranched alkanes of at least 4 members (excludes halogenated alkanes) is 3. The molecule has 0 aliphatic heterocycles. The Hall–Kier alpha value is -1.68. The van der Waals surface area contributed by atoms with Crippen LogP contribution in [0.2, 0.25) is 19.1 Å². The quantitative estimate of drug-likeness (QED) is 0.176. The molecule has 1 aromatic carbocycles. The normalized spacial score (nSPS) is 18.9. The summed E-state index contributed by atoms with van der Waals surface area (Å²) in [5.74, 6) is 1.38. The molecule has 1 aliphatic rings. The third-order valence-corrected chi connectivity index (χ3v) is 10.0. The van der Waals surface area contributed by atoms with E-state index in [1.165, 1.54) is 75.8 Å². The fraction of sp³-hybridized carbons (Fsp3) is 0.621. The van der Waals surface area contributed by atoms with Gasteiger partial charge in [0, 0.05) is 5.56 Å². The molecule has 1 fully saturated rings. The predicted octanol–water partition coefficient (Wildman–Crippen LogP) is 9.17. The van der Waals surface area contributed by atoms with Gasteiger partial charge in [-0.15, -0.1) is 0 Å². The van der Waals surface area contributed by atoms with E-state index in [2.05, 4.69) is 56.2 Å². The highest BCUT2D eigenvalue weighted by Gasteiger charge is 2.23. The van der Waals surface area contributed by atoms with Gasteiger partial charge in [0.25, 0.3) is 5.95 Å². The zero-order valence-corrected chi connectivity index (χ0v) is 22.3. The number of nitrogens with zero attached hydrogens (tertiary/aromatic N) is 1. The van der Waals surface area contributed by atoms with E-state index in [0.717, 1.165) is 11.5 Å². The smallest absolute Gasteiger partial charge is 0.255 e. The van der Waals surface area contributed by atoms with Crippen LogP contribution < -0.4 is 4.74 Å². The molecule has 33 heavy (non-hydrogen) atoms. The Labute approximate surface area is 202 Å². The molecule has 4 heteroatoms. The SMILES string of the molecule is CCCCCC1CCC(c2ccc(-c3ccc(OC[Si](C)(C)CCCC)c(F)n3)cc2)CC1. The van der Waals surface area contributed by atoms with E-state index in [-0.39, 0.29) is 5.75 Å². The fourth-order valence-electron chi connectivity index (χ4n) is 5.08. The van der Waals surface area contributed by atoms with E-state index < -0.39 is 14.0 Å². The summed E-state index contributed by atoms with van der Waals surface area (Å²) in [6.45, 7) is 9.11. The summed E-state index contributed by atoms with van der Waals surface area (Å²) < 4.78 is 20.5. The standard InChI is InChI=1S/C29H44FNOSi/c1-5-7-9-10-23-11-13-24(14-12-23)25-15-17-26(18-16-25)27-19-20-28(29(30)31-27)32-22-33(3,4)21-8-6-2/h15-20,23-24H,5-14,21-22H2,1-4H3. The van der Waals surface area contributed by atoms with E-state index >= 15 is 0 Å². The second kappa shape index (κ2) is 12.7. The van der Waals surface area contributed by atoms with E-state index in [9.17, 15) is 4.39 Å². The summed E-state index contributed by atoms with van der Waals surface area (Å²) in [6, 6.07) is 13.5. The number of rotatable bonds is 12. The molecule has 0 amide bonds. The van der Waals surface area contributed by atoms with Gasteiger partial charge in [-0.25, -0.2) is 4.98 Å². The van der Waals surface area contributed by atoms with Crippen LogP contribution in [0, 0.1) is 11.9 Å². The maximum atomic E-state index is 14.7. The number of pyridine rings is 1. The van der Waals surface area contributed by atoms with E-state index in [4.69, 9.17) is 4.74 Å². The van der Waals surface area contributed by atoms with Crippen molar-refractivity contribution in [2.75, 3.05) is 6.23 Å². The van der Waals surface area contributed by atoms with Crippen LogP contribution in [-0.2, 0) is 0 Å². The average Bonchev–Trinajstić information content (AvgIpc) is 2.83. The van der Waals surface area contributed by atoms with Crippen LogP contribution in [0.5, 0.6) is 5.75 Å². The van der Waals surface area contributed by atoms with E-state index in [1.807, 2.05) is 6.07 Å². The lowest BCUT2D eigenvalue weighted by atomic mass is 9.77. The Bertz CT molecular complexity index is 843. The monoisotopic (exact) mass is 469 g/mol. The van der Waals surface area contributed by atoms with Crippen molar-refractivity contribution in [3.05, 3.63) is 47.9 Å². The number of halogens is 1. The minimum atomic E-state index is -1.46. The first kappa shape index (κ1) is 25.9. The molecule has 3 rings (SSSR count). The molecule has 2 aromatic rings. The maximum absolute atomic E-state index is 14.7. The Morgan fingerprint density at radius 2 is 1.61 bits per heavy atom. The van der Waals surface area contributed by atoms with Crippen LogP contribution in [-0.4, -0.2) is 19.3 Å². The Morgan fingerprint density at radius 3 is 2.24 bits per heavy atom. The molecular weight excluding hydrogens is 425 g/mol. The maximum Gasteiger partial charge on any atom is 0.255 e. The highest BCUT2D eigenvalue weighted by atomic mass is 28.3. The summed E-state index contributed by atoms with van der Waals surface area (Å²) in [5.41, 5.74) is 3.06. The lowest BCUT2D eigenvalue weighted by Crippen LogP contribution is -2.34. The molecule has 1 saturated carbocycles. The third-order valence-electron chi connectivity index (χ3n) is 7.38. The van der Waals surface area contributed by atoms with Gasteiger partial charge in [-0.2, -0.15) is 4.39 Å². The van der Waals surface area contributed by atoms with E-state index in [1.54, 1.807) is 6.07 Å². The van der Waals surface area contributed by atoms with Crippen LogP contribution in [0.25, 0.3) is 11.3 Å². The number of ether oxygens (including phenoxy) is 1. The Morgan fingerprint density at radius 1 is 0.909 bits per heavy atom. The largest absolute Gasteiger partial charge is 0.492 e. The van der Waals surface area contributed by atoms with Gasteiger partial charge in [0.2, 0.25) is 0 Å². The minimum Gasteiger partial charge on any atom is -0.492 e. The fourth-order valence-corrected chi connectivity index (χ4v) is 7.09. The molecular formula is C29H44FNOSi. The molecule has 0 unspecified atom stereocenters. The van der Waals surface area contributed by atoms with Crippen LogP contribution in [0.1, 0.15) is 89.5 Å². The number of benzene rings is 1. The zero-order chi connectivity index (χ0) is 23.7. The van der Waals surface area contributed by atoms with Crippen molar-refractivity contribution in [3.63, 3.8) is 0 Å². The van der Waals surface area contributed by atoms with Crippen LogP contribution in [0.4, 0.5) is 4.39 Å². The van der Waals surface area contributed by atoms with Gasteiger partial charge < -0.3 is 4.74 Å². The molecule has 0 atom stereocenters. The molecule has 0 saturated heterocycles. The molecule has 2 nitrogen and oxygen atoms in total.